The summed E-state index contributed by atoms with van der Waals surface area (Å²) in [5, 5.41) is 9.99. The van der Waals surface area contributed by atoms with Gasteiger partial charge in [-0.1, -0.05) is 87.5 Å². The molecule has 32 heavy (non-hydrogen) atoms. The van der Waals surface area contributed by atoms with Crippen molar-refractivity contribution in [3.05, 3.63) is 101 Å². The third kappa shape index (κ3) is 6.30. The van der Waals surface area contributed by atoms with Gasteiger partial charge in [0.15, 0.2) is 0 Å². The van der Waals surface area contributed by atoms with Gasteiger partial charge in [-0.05, 0) is 52.6 Å². The lowest BCUT2D eigenvalue weighted by atomic mass is 9.78. The molecule has 166 valence electrons. The molecule has 3 aromatic carbocycles. The Balaban J connectivity index is 1.81. The minimum Gasteiger partial charge on any atom is -0.481 e. The lowest BCUT2D eigenvalue weighted by molar-refractivity contribution is -0.139. The molecule has 0 saturated heterocycles. The van der Waals surface area contributed by atoms with Gasteiger partial charge in [-0.2, -0.15) is 0 Å². The normalized spacial score (nSPS) is 12.2. The van der Waals surface area contributed by atoms with Crippen LogP contribution in [0.15, 0.2) is 78.9 Å². The second-order valence-corrected chi connectivity index (χ2v) is 9.04. The summed E-state index contributed by atoms with van der Waals surface area (Å²) in [6.07, 6.45) is 1.29. The predicted octanol–water partition coefficient (Wildman–Crippen LogP) is 5.93. The quantitative estimate of drug-likeness (QED) is 0.355. The van der Waals surface area contributed by atoms with E-state index in [9.17, 15) is 14.7 Å². The van der Waals surface area contributed by atoms with Crippen molar-refractivity contribution in [1.29, 1.82) is 0 Å². The zero-order valence-corrected chi connectivity index (χ0v) is 18.9. The van der Waals surface area contributed by atoms with Gasteiger partial charge >= 0.3 is 11.9 Å². The minimum absolute atomic E-state index is 0.280. The van der Waals surface area contributed by atoms with Gasteiger partial charge in [0, 0.05) is 6.42 Å². The molecular formula is C28H30O4. The topological polar surface area (TPSA) is 63.6 Å². The van der Waals surface area contributed by atoms with Crippen LogP contribution in [0.1, 0.15) is 55.4 Å². The van der Waals surface area contributed by atoms with Gasteiger partial charge in [0.1, 0.15) is 5.75 Å². The van der Waals surface area contributed by atoms with Crippen LogP contribution in [0.3, 0.4) is 0 Å². The van der Waals surface area contributed by atoms with E-state index < -0.39 is 11.9 Å². The first-order chi connectivity index (χ1) is 15.2. The van der Waals surface area contributed by atoms with Crippen molar-refractivity contribution in [3.8, 4) is 5.75 Å². The maximum atomic E-state index is 12.4. The highest BCUT2D eigenvalue weighted by molar-refractivity contribution is 5.78. The van der Waals surface area contributed by atoms with Crippen LogP contribution in [0.4, 0.5) is 0 Å². The Morgan fingerprint density at radius 3 is 2.03 bits per heavy atom. The Bertz CT molecular complexity index is 1050. The number of aryl methyl sites for hydroxylation is 1. The van der Waals surface area contributed by atoms with Gasteiger partial charge in [0.25, 0.3) is 0 Å². The Morgan fingerprint density at radius 1 is 0.875 bits per heavy atom. The van der Waals surface area contributed by atoms with Crippen LogP contribution >= 0.6 is 0 Å². The summed E-state index contributed by atoms with van der Waals surface area (Å²) in [6.45, 7) is 6.11. The second-order valence-electron chi connectivity index (χ2n) is 9.04. The van der Waals surface area contributed by atoms with Crippen LogP contribution in [-0.2, 0) is 27.8 Å². The van der Waals surface area contributed by atoms with Crippen LogP contribution in [-0.4, -0.2) is 17.0 Å². The summed E-state index contributed by atoms with van der Waals surface area (Å²) < 4.78 is 5.60. The molecule has 4 nitrogen and oxygen atoms in total. The van der Waals surface area contributed by atoms with Crippen LogP contribution in [0.2, 0.25) is 0 Å². The lowest BCUT2D eigenvalue weighted by Crippen LogP contribution is -2.22. The van der Waals surface area contributed by atoms with Crippen molar-refractivity contribution < 1.29 is 19.4 Å². The van der Waals surface area contributed by atoms with E-state index in [0.717, 1.165) is 22.3 Å². The number of carboxylic acid groups (broad SMARTS) is 1. The van der Waals surface area contributed by atoms with E-state index >= 15 is 0 Å². The average molecular weight is 431 g/mol. The number of hydrogen-bond donors (Lipinski definition) is 1. The molecule has 0 fully saturated rings. The fourth-order valence-corrected chi connectivity index (χ4v) is 3.81. The fraction of sp³-hybridized carbons (Fsp3) is 0.286. The first-order valence-corrected chi connectivity index (χ1v) is 10.9. The highest BCUT2D eigenvalue weighted by Gasteiger charge is 2.28. The monoisotopic (exact) mass is 430 g/mol. The molecule has 1 atom stereocenters. The molecule has 0 amide bonds. The Kier molecular flexibility index (Phi) is 7.47. The molecule has 0 aliphatic carbocycles. The second kappa shape index (κ2) is 10.3. The zero-order chi connectivity index (χ0) is 23.1. The summed E-state index contributed by atoms with van der Waals surface area (Å²) >= 11 is 0. The predicted molar refractivity (Wildman–Crippen MR) is 126 cm³/mol. The molecule has 3 aromatic rings. The average Bonchev–Trinajstić information content (AvgIpc) is 2.77. The van der Waals surface area contributed by atoms with Gasteiger partial charge in [-0.25, -0.2) is 0 Å². The number of benzene rings is 3. The molecule has 0 aromatic heterocycles. The Morgan fingerprint density at radius 2 is 1.47 bits per heavy atom. The van der Waals surface area contributed by atoms with E-state index in [-0.39, 0.29) is 17.8 Å². The lowest BCUT2D eigenvalue weighted by Gasteiger charge is -2.26. The van der Waals surface area contributed by atoms with Crippen molar-refractivity contribution in [3.63, 3.8) is 0 Å². The Hall–Kier alpha value is -3.40. The van der Waals surface area contributed by atoms with E-state index in [4.69, 9.17) is 4.74 Å². The van der Waals surface area contributed by atoms with E-state index in [1.54, 1.807) is 12.1 Å². The number of carbonyl (C=O) groups is 2. The van der Waals surface area contributed by atoms with Crippen LogP contribution in [0.25, 0.3) is 0 Å². The standard InChI is InChI=1S/C28H30O4/c1-28(2,3)25-19-22(32-26(29)17-14-20-10-6-4-7-11-20)15-16-23(25)24(27(30)31)18-21-12-8-5-9-13-21/h4-13,15-16,19,24H,14,17-18H2,1-3H3,(H,30,31). The summed E-state index contributed by atoms with van der Waals surface area (Å²) in [6, 6.07) is 24.7. The Labute approximate surface area is 189 Å². The van der Waals surface area contributed by atoms with Crippen molar-refractivity contribution >= 4 is 11.9 Å². The maximum absolute atomic E-state index is 12.4. The van der Waals surface area contributed by atoms with Crippen molar-refractivity contribution in [2.45, 2.75) is 51.4 Å². The molecule has 0 spiro atoms. The molecule has 0 saturated carbocycles. The number of ether oxygens (including phenoxy) is 1. The molecule has 1 N–H and O–H groups in total. The molecule has 0 heterocycles. The van der Waals surface area contributed by atoms with Crippen LogP contribution in [0.5, 0.6) is 5.75 Å². The van der Waals surface area contributed by atoms with Crippen molar-refractivity contribution in [2.75, 3.05) is 0 Å². The van der Waals surface area contributed by atoms with Gasteiger partial charge in [0.2, 0.25) is 0 Å². The largest absolute Gasteiger partial charge is 0.481 e. The summed E-state index contributed by atoms with van der Waals surface area (Å²) in [7, 11) is 0. The highest BCUT2D eigenvalue weighted by Crippen LogP contribution is 2.35. The molecule has 4 heteroatoms. The molecule has 3 rings (SSSR count). The molecule has 0 radical (unpaired) electrons. The molecule has 0 aliphatic heterocycles. The summed E-state index contributed by atoms with van der Waals surface area (Å²) in [4.78, 5) is 24.6. The van der Waals surface area contributed by atoms with Crippen LogP contribution in [0, 0.1) is 0 Å². The number of aliphatic carboxylic acids is 1. The highest BCUT2D eigenvalue weighted by atomic mass is 16.5. The third-order valence-electron chi connectivity index (χ3n) is 5.48. The zero-order valence-electron chi connectivity index (χ0n) is 18.9. The van der Waals surface area contributed by atoms with Gasteiger partial charge in [0.05, 0.1) is 5.92 Å². The van der Waals surface area contributed by atoms with E-state index in [2.05, 4.69) is 0 Å². The number of esters is 1. The molecule has 0 aliphatic rings. The van der Waals surface area contributed by atoms with Crippen molar-refractivity contribution in [1.82, 2.24) is 0 Å². The molecule has 1 unspecified atom stereocenters. The van der Waals surface area contributed by atoms with Crippen LogP contribution < -0.4 is 4.74 Å². The number of rotatable bonds is 8. The first-order valence-electron chi connectivity index (χ1n) is 10.9. The minimum atomic E-state index is -0.869. The number of carboxylic acids is 1. The van der Waals surface area contributed by atoms with Gasteiger partial charge in [-0.3, -0.25) is 9.59 Å². The molecule has 0 bridgehead atoms. The third-order valence-corrected chi connectivity index (χ3v) is 5.48. The summed E-state index contributed by atoms with van der Waals surface area (Å²) in [5.41, 5.74) is 3.36. The summed E-state index contributed by atoms with van der Waals surface area (Å²) in [5.74, 6) is -1.41. The fourth-order valence-electron chi connectivity index (χ4n) is 3.81. The van der Waals surface area contributed by atoms with Gasteiger partial charge in [-0.15, -0.1) is 0 Å². The van der Waals surface area contributed by atoms with E-state index in [0.29, 0.717) is 18.6 Å². The smallest absolute Gasteiger partial charge is 0.311 e. The van der Waals surface area contributed by atoms with E-state index in [1.165, 1.54) is 0 Å². The SMILES string of the molecule is CC(C)(C)c1cc(OC(=O)CCc2ccccc2)ccc1C(Cc1ccccc1)C(=O)O. The number of carbonyl (C=O) groups excluding carboxylic acids is 1. The molecular weight excluding hydrogens is 400 g/mol. The number of hydrogen-bond acceptors (Lipinski definition) is 3. The van der Waals surface area contributed by atoms with E-state index in [1.807, 2.05) is 87.5 Å². The maximum Gasteiger partial charge on any atom is 0.311 e. The van der Waals surface area contributed by atoms with Gasteiger partial charge < -0.3 is 9.84 Å². The van der Waals surface area contributed by atoms with Crippen molar-refractivity contribution in [2.24, 2.45) is 0 Å². The first kappa shape index (κ1) is 23.3.